The summed E-state index contributed by atoms with van der Waals surface area (Å²) in [6.07, 6.45) is 3.94. The SMILES string of the molecule is c1ccc(NCCCOCC2CCOC2)nc1. The molecule has 1 unspecified atom stereocenters. The van der Waals surface area contributed by atoms with Gasteiger partial charge in [-0.3, -0.25) is 0 Å². The number of aromatic nitrogens is 1. The summed E-state index contributed by atoms with van der Waals surface area (Å²) in [6.45, 7) is 4.31. The number of nitrogens with one attached hydrogen (secondary N) is 1. The van der Waals surface area contributed by atoms with Gasteiger partial charge in [-0.05, 0) is 25.0 Å². The number of rotatable bonds is 7. The standard InChI is InChI=1S/C13H20N2O2/c1-2-6-14-13(4-1)15-7-3-8-16-10-12-5-9-17-11-12/h1-2,4,6,12H,3,5,7-11H2,(H,14,15). The van der Waals surface area contributed by atoms with Crippen LogP contribution in [-0.4, -0.2) is 38.0 Å². The first-order valence-electron chi connectivity index (χ1n) is 6.25. The second kappa shape index (κ2) is 7.25. The van der Waals surface area contributed by atoms with Crippen molar-refractivity contribution in [3.63, 3.8) is 0 Å². The van der Waals surface area contributed by atoms with E-state index >= 15 is 0 Å². The lowest BCUT2D eigenvalue weighted by Crippen LogP contribution is -2.12. The highest BCUT2D eigenvalue weighted by Gasteiger charge is 2.14. The maximum atomic E-state index is 5.62. The van der Waals surface area contributed by atoms with Crippen LogP contribution >= 0.6 is 0 Å². The Labute approximate surface area is 102 Å². The number of anilines is 1. The highest BCUT2D eigenvalue weighted by atomic mass is 16.5. The second-order valence-corrected chi connectivity index (χ2v) is 4.30. The van der Waals surface area contributed by atoms with E-state index in [1.54, 1.807) is 6.20 Å². The molecule has 1 N–H and O–H groups in total. The first kappa shape index (κ1) is 12.3. The van der Waals surface area contributed by atoms with Gasteiger partial charge >= 0.3 is 0 Å². The monoisotopic (exact) mass is 236 g/mol. The van der Waals surface area contributed by atoms with Crippen LogP contribution in [0.3, 0.4) is 0 Å². The molecule has 1 fully saturated rings. The highest BCUT2D eigenvalue weighted by Crippen LogP contribution is 2.12. The molecule has 0 amide bonds. The van der Waals surface area contributed by atoms with Crippen molar-refractivity contribution in [2.45, 2.75) is 12.8 Å². The average Bonchev–Trinajstić information content (AvgIpc) is 2.88. The smallest absolute Gasteiger partial charge is 0.125 e. The molecule has 1 aromatic heterocycles. The Morgan fingerprint density at radius 3 is 3.24 bits per heavy atom. The topological polar surface area (TPSA) is 43.4 Å². The van der Waals surface area contributed by atoms with Gasteiger partial charge in [0.15, 0.2) is 0 Å². The van der Waals surface area contributed by atoms with Crippen molar-refractivity contribution in [2.24, 2.45) is 5.92 Å². The van der Waals surface area contributed by atoms with Gasteiger partial charge < -0.3 is 14.8 Å². The molecule has 2 heterocycles. The normalized spacial score (nSPS) is 19.4. The Morgan fingerprint density at radius 1 is 1.47 bits per heavy atom. The third-order valence-electron chi connectivity index (χ3n) is 2.81. The first-order chi connectivity index (χ1) is 8.45. The molecule has 0 aliphatic carbocycles. The van der Waals surface area contributed by atoms with E-state index in [2.05, 4.69) is 10.3 Å². The Hall–Kier alpha value is -1.13. The quantitative estimate of drug-likeness (QED) is 0.735. The minimum Gasteiger partial charge on any atom is -0.381 e. The molecule has 0 radical (unpaired) electrons. The van der Waals surface area contributed by atoms with Crippen LogP contribution in [0, 0.1) is 5.92 Å². The molecule has 0 aromatic carbocycles. The molecule has 0 spiro atoms. The van der Waals surface area contributed by atoms with Crippen LogP contribution in [0.1, 0.15) is 12.8 Å². The van der Waals surface area contributed by atoms with Gasteiger partial charge in [0.05, 0.1) is 13.2 Å². The summed E-state index contributed by atoms with van der Waals surface area (Å²) in [4.78, 5) is 4.19. The van der Waals surface area contributed by atoms with E-state index in [-0.39, 0.29) is 0 Å². The van der Waals surface area contributed by atoms with E-state index in [9.17, 15) is 0 Å². The van der Waals surface area contributed by atoms with E-state index in [1.807, 2.05) is 18.2 Å². The summed E-state index contributed by atoms with van der Waals surface area (Å²) < 4.78 is 10.9. The van der Waals surface area contributed by atoms with Crippen molar-refractivity contribution in [1.29, 1.82) is 0 Å². The first-order valence-corrected chi connectivity index (χ1v) is 6.25. The number of ether oxygens (including phenoxy) is 2. The molecule has 1 saturated heterocycles. The van der Waals surface area contributed by atoms with Gasteiger partial charge in [0, 0.05) is 31.9 Å². The van der Waals surface area contributed by atoms with Gasteiger partial charge in [0.1, 0.15) is 5.82 Å². The van der Waals surface area contributed by atoms with Gasteiger partial charge in [-0.15, -0.1) is 0 Å². The van der Waals surface area contributed by atoms with Crippen LogP contribution < -0.4 is 5.32 Å². The van der Waals surface area contributed by atoms with Crippen molar-refractivity contribution in [2.75, 3.05) is 38.3 Å². The molecule has 1 atom stereocenters. The van der Waals surface area contributed by atoms with Gasteiger partial charge in [0.25, 0.3) is 0 Å². The predicted octanol–water partition coefficient (Wildman–Crippen LogP) is 1.94. The molecular weight excluding hydrogens is 216 g/mol. The number of hydrogen-bond acceptors (Lipinski definition) is 4. The van der Waals surface area contributed by atoms with Gasteiger partial charge in [-0.2, -0.15) is 0 Å². The van der Waals surface area contributed by atoms with E-state index < -0.39 is 0 Å². The van der Waals surface area contributed by atoms with E-state index in [0.717, 1.165) is 51.6 Å². The second-order valence-electron chi connectivity index (χ2n) is 4.30. The molecule has 4 heteroatoms. The molecule has 0 bridgehead atoms. The zero-order valence-corrected chi connectivity index (χ0v) is 10.1. The third-order valence-corrected chi connectivity index (χ3v) is 2.81. The van der Waals surface area contributed by atoms with Crippen LogP contribution in [0.4, 0.5) is 5.82 Å². The minimum absolute atomic E-state index is 0.610. The Balaban J connectivity index is 1.46. The van der Waals surface area contributed by atoms with Crippen LogP contribution in [0.15, 0.2) is 24.4 Å². The summed E-state index contributed by atoms with van der Waals surface area (Å²) in [7, 11) is 0. The molecule has 1 aliphatic rings. The lowest BCUT2D eigenvalue weighted by atomic mass is 10.1. The van der Waals surface area contributed by atoms with Crippen molar-refractivity contribution in [3.05, 3.63) is 24.4 Å². The number of hydrogen-bond donors (Lipinski definition) is 1. The van der Waals surface area contributed by atoms with Crippen LogP contribution in [0.25, 0.3) is 0 Å². The summed E-state index contributed by atoms with van der Waals surface area (Å²) in [6, 6.07) is 5.86. The van der Waals surface area contributed by atoms with Gasteiger partial charge in [-0.1, -0.05) is 6.07 Å². The van der Waals surface area contributed by atoms with Crippen molar-refractivity contribution in [3.8, 4) is 0 Å². The predicted molar refractivity (Wildman–Crippen MR) is 67.1 cm³/mol. The van der Waals surface area contributed by atoms with E-state index in [1.165, 1.54) is 0 Å². The van der Waals surface area contributed by atoms with E-state index in [4.69, 9.17) is 9.47 Å². The zero-order chi connectivity index (χ0) is 11.8. The number of pyridine rings is 1. The third kappa shape index (κ3) is 4.71. The van der Waals surface area contributed by atoms with Crippen molar-refractivity contribution >= 4 is 5.82 Å². The number of nitrogens with zero attached hydrogens (tertiary/aromatic N) is 1. The van der Waals surface area contributed by atoms with Gasteiger partial charge in [-0.25, -0.2) is 4.98 Å². The average molecular weight is 236 g/mol. The molecule has 1 aliphatic heterocycles. The van der Waals surface area contributed by atoms with E-state index in [0.29, 0.717) is 5.92 Å². The fourth-order valence-electron chi connectivity index (χ4n) is 1.82. The summed E-state index contributed by atoms with van der Waals surface area (Å²) in [5, 5.41) is 3.26. The molecule has 17 heavy (non-hydrogen) atoms. The Bertz CT molecular complexity index is 300. The lowest BCUT2D eigenvalue weighted by molar-refractivity contribution is 0.0897. The van der Waals surface area contributed by atoms with Crippen LogP contribution in [0.2, 0.25) is 0 Å². The minimum atomic E-state index is 0.610. The molecule has 94 valence electrons. The van der Waals surface area contributed by atoms with Crippen molar-refractivity contribution < 1.29 is 9.47 Å². The molecular formula is C13H20N2O2. The highest BCUT2D eigenvalue weighted by molar-refractivity contribution is 5.32. The lowest BCUT2D eigenvalue weighted by Gasteiger charge is -2.09. The van der Waals surface area contributed by atoms with Gasteiger partial charge in [0.2, 0.25) is 0 Å². The fourth-order valence-corrected chi connectivity index (χ4v) is 1.82. The van der Waals surface area contributed by atoms with Crippen molar-refractivity contribution in [1.82, 2.24) is 4.98 Å². The zero-order valence-electron chi connectivity index (χ0n) is 10.1. The summed E-state index contributed by atoms with van der Waals surface area (Å²) in [5.74, 6) is 1.54. The molecule has 0 saturated carbocycles. The molecule has 1 aromatic rings. The molecule has 4 nitrogen and oxygen atoms in total. The Kier molecular flexibility index (Phi) is 5.26. The van der Waals surface area contributed by atoms with Crippen LogP contribution in [0.5, 0.6) is 0 Å². The molecule has 2 rings (SSSR count). The largest absolute Gasteiger partial charge is 0.381 e. The maximum Gasteiger partial charge on any atom is 0.125 e. The summed E-state index contributed by atoms with van der Waals surface area (Å²) in [5.41, 5.74) is 0. The Morgan fingerprint density at radius 2 is 2.47 bits per heavy atom. The maximum absolute atomic E-state index is 5.62. The fraction of sp³-hybridized carbons (Fsp3) is 0.615. The summed E-state index contributed by atoms with van der Waals surface area (Å²) >= 11 is 0. The van der Waals surface area contributed by atoms with Crippen LogP contribution in [-0.2, 0) is 9.47 Å².